The summed E-state index contributed by atoms with van der Waals surface area (Å²) in [5, 5.41) is 19.9. The van der Waals surface area contributed by atoms with Gasteiger partial charge in [0.05, 0.1) is 12.1 Å². The summed E-state index contributed by atoms with van der Waals surface area (Å²) in [7, 11) is 1.52. The van der Waals surface area contributed by atoms with Gasteiger partial charge in [-0.05, 0) is 49.8 Å². The Kier molecular flexibility index (Phi) is 12.2. The molecule has 0 aromatic heterocycles. The number of likely N-dealkylation sites (N-methyl/N-ethyl adjacent to an activating group) is 1. The van der Waals surface area contributed by atoms with Crippen LogP contribution in [0.4, 0.5) is 0 Å². The first kappa shape index (κ1) is 32.1. The molecule has 6 atom stereocenters. The Bertz CT molecular complexity index is 1140. The van der Waals surface area contributed by atoms with Gasteiger partial charge in [0.2, 0.25) is 17.7 Å². The van der Waals surface area contributed by atoms with Crippen LogP contribution in [-0.2, 0) is 27.2 Å². The maximum atomic E-state index is 13.7. The van der Waals surface area contributed by atoms with Gasteiger partial charge in [-0.2, -0.15) is 0 Å². The van der Waals surface area contributed by atoms with Gasteiger partial charge in [0.15, 0.2) is 0 Å². The minimum absolute atomic E-state index is 0.0290. The third kappa shape index (κ3) is 9.03. The fourth-order valence-electron chi connectivity index (χ4n) is 5.17. The maximum absolute atomic E-state index is 13.7. The summed E-state index contributed by atoms with van der Waals surface area (Å²) in [6.07, 6.45) is 1.22. The van der Waals surface area contributed by atoms with Gasteiger partial charge in [-0.3, -0.25) is 14.4 Å². The zero-order valence-electron chi connectivity index (χ0n) is 24.9. The third-order valence-electron chi connectivity index (χ3n) is 7.82. The number of aliphatic hydroxyl groups excluding tert-OH is 1. The molecule has 2 aromatic carbocycles. The first-order chi connectivity index (χ1) is 19.6. The average molecular weight is 567 g/mol. The second-order valence-electron chi connectivity index (χ2n) is 11.1. The van der Waals surface area contributed by atoms with E-state index in [0.717, 1.165) is 23.3 Å². The number of amides is 3. The average Bonchev–Trinajstić information content (AvgIpc) is 2.95. The number of nitrogens with one attached hydrogen (secondary N) is 3. The van der Waals surface area contributed by atoms with E-state index in [0.29, 0.717) is 26.0 Å². The molecule has 9 heteroatoms. The topological polar surface area (TPSA) is 120 Å². The molecule has 224 valence electrons. The molecule has 4 N–H and O–H groups in total. The SMILES string of the molecule is CCC(C)[C@@H]1NCCOc2ccccc2CC[C@@H](C)NC(=O)[C@@H](Cc2ccccc2)NC(=O)[C@H](C(C)O)N(C)C1=O. The zero-order chi connectivity index (χ0) is 29.9. The van der Waals surface area contributed by atoms with Gasteiger partial charge in [0, 0.05) is 26.1 Å². The van der Waals surface area contributed by atoms with E-state index in [1.165, 1.54) is 18.9 Å². The number of hydrogen-bond donors (Lipinski definition) is 4. The Morgan fingerprint density at radius 3 is 2.37 bits per heavy atom. The summed E-state index contributed by atoms with van der Waals surface area (Å²) in [4.78, 5) is 42.2. The first-order valence-corrected chi connectivity index (χ1v) is 14.7. The molecule has 1 aliphatic rings. The van der Waals surface area contributed by atoms with E-state index >= 15 is 0 Å². The second-order valence-corrected chi connectivity index (χ2v) is 11.1. The van der Waals surface area contributed by atoms with Crippen LogP contribution < -0.4 is 20.7 Å². The molecule has 0 saturated carbocycles. The number of aliphatic hydroxyl groups is 1. The Morgan fingerprint density at radius 1 is 1.00 bits per heavy atom. The lowest BCUT2D eigenvalue weighted by Gasteiger charge is -2.35. The van der Waals surface area contributed by atoms with E-state index in [1.54, 1.807) is 0 Å². The molecule has 2 aromatic rings. The predicted molar refractivity (Wildman–Crippen MR) is 159 cm³/mol. The van der Waals surface area contributed by atoms with Crippen molar-refractivity contribution < 1.29 is 24.2 Å². The summed E-state index contributed by atoms with van der Waals surface area (Å²) in [6.45, 7) is 8.18. The number of carbonyl (C=O) groups is 3. The molecular weight excluding hydrogens is 520 g/mol. The van der Waals surface area contributed by atoms with Crippen LogP contribution in [0, 0.1) is 5.92 Å². The van der Waals surface area contributed by atoms with Crippen LogP contribution in [-0.4, -0.2) is 78.2 Å². The van der Waals surface area contributed by atoms with Crippen molar-refractivity contribution in [3.8, 4) is 5.75 Å². The monoisotopic (exact) mass is 566 g/mol. The largest absolute Gasteiger partial charge is 0.492 e. The van der Waals surface area contributed by atoms with Gasteiger partial charge in [-0.15, -0.1) is 0 Å². The van der Waals surface area contributed by atoms with Crippen molar-refractivity contribution in [2.75, 3.05) is 20.2 Å². The Hall–Kier alpha value is -3.43. The highest BCUT2D eigenvalue weighted by Crippen LogP contribution is 2.21. The summed E-state index contributed by atoms with van der Waals surface area (Å²) in [6, 6.07) is 14.5. The molecule has 9 nitrogen and oxygen atoms in total. The van der Waals surface area contributed by atoms with Crippen molar-refractivity contribution in [2.45, 2.75) is 83.6 Å². The number of ether oxygens (including phenoxy) is 1. The minimum Gasteiger partial charge on any atom is -0.492 e. The molecular formula is C32H46N4O5. The van der Waals surface area contributed by atoms with Crippen LogP contribution in [0.3, 0.4) is 0 Å². The van der Waals surface area contributed by atoms with E-state index in [-0.39, 0.29) is 30.2 Å². The molecule has 3 rings (SSSR count). The molecule has 1 heterocycles. The molecule has 3 amide bonds. The van der Waals surface area contributed by atoms with Crippen molar-refractivity contribution in [3.63, 3.8) is 0 Å². The second kappa shape index (κ2) is 15.5. The highest BCUT2D eigenvalue weighted by Gasteiger charge is 2.37. The highest BCUT2D eigenvalue weighted by atomic mass is 16.5. The van der Waals surface area contributed by atoms with Gasteiger partial charge < -0.3 is 30.7 Å². The summed E-state index contributed by atoms with van der Waals surface area (Å²) in [5.41, 5.74) is 1.92. The van der Waals surface area contributed by atoms with E-state index in [4.69, 9.17) is 4.74 Å². The number of hydrogen-bond acceptors (Lipinski definition) is 6. The van der Waals surface area contributed by atoms with E-state index in [9.17, 15) is 19.5 Å². The molecule has 0 bridgehead atoms. The normalized spacial score (nSPS) is 25.0. The van der Waals surface area contributed by atoms with Crippen LogP contribution in [0.15, 0.2) is 54.6 Å². The highest BCUT2D eigenvalue weighted by molar-refractivity contribution is 5.93. The van der Waals surface area contributed by atoms with Crippen molar-refractivity contribution >= 4 is 17.7 Å². The quantitative estimate of drug-likeness (QED) is 0.442. The van der Waals surface area contributed by atoms with Crippen molar-refractivity contribution in [2.24, 2.45) is 5.92 Å². The molecule has 0 saturated heterocycles. The molecule has 0 fully saturated rings. The van der Waals surface area contributed by atoms with Crippen LogP contribution in [0.25, 0.3) is 0 Å². The standard InChI is InChI=1S/C32H46N4O5/c1-6-21(2)28-32(40)36(5)29(23(4)37)31(39)35-26(20-24-12-8-7-9-13-24)30(38)34-22(3)16-17-25-14-10-11-15-27(25)41-19-18-33-28/h7-15,21-23,26,28-29,33,37H,6,16-20H2,1-5H3,(H,34,38)(H,35,39)/t21?,22-,23?,26-,28+,29+/m1/s1. The molecule has 0 radical (unpaired) electrons. The molecule has 1 aliphatic heterocycles. The number of aryl methyl sites for hydroxylation is 1. The fraction of sp³-hybridized carbons (Fsp3) is 0.531. The van der Waals surface area contributed by atoms with Gasteiger partial charge in [-0.25, -0.2) is 0 Å². The fourth-order valence-corrected chi connectivity index (χ4v) is 5.17. The van der Waals surface area contributed by atoms with Crippen molar-refractivity contribution in [1.29, 1.82) is 0 Å². The molecule has 2 unspecified atom stereocenters. The summed E-state index contributed by atoms with van der Waals surface area (Å²) in [5.74, 6) is -0.460. The molecule has 0 aliphatic carbocycles. The van der Waals surface area contributed by atoms with E-state index in [1.807, 2.05) is 75.4 Å². The lowest BCUT2D eigenvalue weighted by atomic mass is 9.96. The Morgan fingerprint density at radius 2 is 1.68 bits per heavy atom. The number of nitrogens with zero attached hydrogens (tertiary/aromatic N) is 1. The number of rotatable bonds is 5. The zero-order valence-corrected chi connectivity index (χ0v) is 24.9. The first-order valence-electron chi connectivity index (χ1n) is 14.7. The number of fused-ring (bicyclic) bond motifs is 1. The van der Waals surface area contributed by atoms with Gasteiger partial charge >= 0.3 is 0 Å². The number of para-hydroxylation sites is 1. The maximum Gasteiger partial charge on any atom is 0.246 e. The predicted octanol–water partition coefficient (Wildman–Crippen LogP) is 2.46. The summed E-state index contributed by atoms with van der Waals surface area (Å²) < 4.78 is 6.09. The van der Waals surface area contributed by atoms with Crippen molar-refractivity contribution in [3.05, 3.63) is 65.7 Å². The van der Waals surface area contributed by atoms with Crippen LogP contribution in [0.2, 0.25) is 0 Å². The number of benzene rings is 2. The van der Waals surface area contributed by atoms with Crippen LogP contribution >= 0.6 is 0 Å². The van der Waals surface area contributed by atoms with Crippen molar-refractivity contribution in [1.82, 2.24) is 20.9 Å². The van der Waals surface area contributed by atoms with E-state index in [2.05, 4.69) is 16.0 Å². The lowest BCUT2D eigenvalue weighted by molar-refractivity contribution is -0.146. The van der Waals surface area contributed by atoms with Gasteiger partial charge in [0.25, 0.3) is 0 Å². The Balaban J connectivity index is 1.95. The molecule has 41 heavy (non-hydrogen) atoms. The number of carbonyl (C=O) groups excluding carboxylic acids is 3. The van der Waals surface area contributed by atoms with Gasteiger partial charge in [0.1, 0.15) is 24.4 Å². The van der Waals surface area contributed by atoms with Crippen LogP contribution in [0.5, 0.6) is 5.75 Å². The molecule has 0 spiro atoms. The third-order valence-corrected chi connectivity index (χ3v) is 7.82. The summed E-state index contributed by atoms with van der Waals surface area (Å²) >= 11 is 0. The Labute approximate surface area is 244 Å². The smallest absolute Gasteiger partial charge is 0.246 e. The van der Waals surface area contributed by atoms with E-state index < -0.39 is 30.1 Å². The minimum atomic E-state index is -1.18. The lowest BCUT2D eigenvalue weighted by Crippen LogP contribution is -2.61. The van der Waals surface area contributed by atoms with Crippen LogP contribution in [0.1, 0.15) is 51.7 Å². The van der Waals surface area contributed by atoms with Gasteiger partial charge in [-0.1, -0.05) is 68.8 Å².